The maximum Gasteiger partial charge on any atom is 0.226 e. The first kappa shape index (κ1) is 17.4. The zero-order valence-electron chi connectivity index (χ0n) is 14.6. The van der Waals surface area contributed by atoms with E-state index in [2.05, 4.69) is 27.7 Å². The molecule has 1 aromatic carbocycles. The molecule has 0 bridgehead atoms. The predicted octanol–water partition coefficient (Wildman–Crippen LogP) is 4.40. The number of hydrogen-bond acceptors (Lipinski definition) is 7. The average molecular weight is 424 g/mol. The minimum absolute atomic E-state index is 0.363. The molecule has 6 nitrogen and oxygen atoms in total. The van der Waals surface area contributed by atoms with Crippen molar-refractivity contribution in [1.82, 2.24) is 24.7 Å². The van der Waals surface area contributed by atoms with E-state index in [-0.39, 0.29) is 0 Å². The van der Waals surface area contributed by atoms with Crippen LogP contribution < -0.4 is 0 Å². The molecular formula is C19H13N5OS3. The Bertz CT molecular complexity index is 1290. The van der Waals surface area contributed by atoms with E-state index in [1.165, 1.54) is 0 Å². The molecule has 0 saturated carbocycles. The normalized spacial score (nSPS) is 12.5. The molecule has 4 aromatic heterocycles. The second-order valence-electron chi connectivity index (χ2n) is 5.98. The molecule has 0 spiro atoms. The zero-order chi connectivity index (χ0) is 19.1. The number of nitrogens with zero attached hydrogens (tertiary/aromatic N) is 5. The number of benzene rings is 1. The molecule has 1 atom stereocenters. The summed E-state index contributed by atoms with van der Waals surface area (Å²) < 4.78 is 13.9. The van der Waals surface area contributed by atoms with E-state index in [4.69, 9.17) is 9.97 Å². The van der Waals surface area contributed by atoms with Crippen molar-refractivity contribution in [2.24, 2.45) is 0 Å². The Kier molecular flexibility index (Phi) is 4.34. The summed E-state index contributed by atoms with van der Waals surface area (Å²) >= 11 is 3.15. The van der Waals surface area contributed by atoms with Crippen molar-refractivity contribution < 1.29 is 4.21 Å². The summed E-state index contributed by atoms with van der Waals surface area (Å²) in [6, 6.07) is 14.1. The van der Waals surface area contributed by atoms with Gasteiger partial charge in [0.2, 0.25) is 5.16 Å². The minimum Gasteiger partial charge on any atom is -0.257 e. The third kappa shape index (κ3) is 2.88. The maximum absolute atomic E-state index is 12.2. The van der Waals surface area contributed by atoms with Gasteiger partial charge in [0.25, 0.3) is 0 Å². The molecule has 5 aromatic rings. The number of aromatic nitrogens is 5. The first-order valence-corrected chi connectivity index (χ1v) is 11.7. The van der Waals surface area contributed by atoms with E-state index < -0.39 is 10.8 Å². The lowest BCUT2D eigenvalue weighted by atomic mass is 10.1. The molecule has 138 valence electrons. The molecule has 0 radical (unpaired) electrons. The van der Waals surface area contributed by atoms with Gasteiger partial charge in [0.15, 0.2) is 11.6 Å². The van der Waals surface area contributed by atoms with E-state index in [9.17, 15) is 4.21 Å². The van der Waals surface area contributed by atoms with Crippen LogP contribution in [-0.2, 0) is 10.8 Å². The second kappa shape index (κ2) is 7.01. The molecule has 0 amide bonds. The Morgan fingerprint density at radius 2 is 1.89 bits per heavy atom. The van der Waals surface area contributed by atoms with Crippen LogP contribution in [0.15, 0.2) is 64.7 Å². The van der Waals surface area contributed by atoms with Crippen LogP contribution in [0.4, 0.5) is 0 Å². The fraction of sp³-hybridized carbons (Fsp3) is 0.0526. The quantitative estimate of drug-likeness (QED) is 0.428. The Labute approximate surface area is 171 Å². The van der Waals surface area contributed by atoms with Crippen molar-refractivity contribution in [3.8, 4) is 27.6 Å². The van der Waals surface area contributed by atoms with Gasteiger partial charge in [0, 0.05) is 17.2 Å². The van der Waals surface area contributed by atoms with Crippen LogP contribution in [-0.4, -0.2) is 35.2 Å². The van der Waals surface area contributed by atoms with E-state index in [1.54, 1.807) is 39.8 Å². The predicted molar refractivity (Wildman–Crippen MR) is 113 cm³/mol. The number of hydrogen-bond donors (Lipinski definition) is 0. The Hall–Kier alpha value is -2.75. The standard InChI is InChI=1S/C19H13N5OS3/c1-28(25)19-23-20-11-24(19)17-15-13(12-6-3-2-4-7-12)10-27-18(15)22-16(21-17)14-8-5-9-26-14/h2-11H,1H3. The van der Waals surface area contributed by atoms with Gasteiger partial charge in [-0.1, -0.05) is 36.4 Å². The molecular weight excluding hydrogens is 410 g/mol. The molecule has 0 aliphatic heterocycles. The third-order valence-corrected chi connectivity index (χ3v) is 6.77. The molecule has 1 unspecified atom stereocenters. The van der Waals surface area contributed by atoms with Crippen molar-refractivity contribution >= 4 is 43.7 Å². The molecule has 0 aliphatic rings. The Balaban J connectivity index is 1.85. The van der Waals surface area contributed by atoms with Crippen molar-refractivity contribution in [3.05, 3.63) is 59.6 Å². The van der Waals surface area contributed by atoms with E-state index in [0.717, 1.165) is 26.2 Å². The largest absolute Gasteiger partial charge is 0.257 e. The van der Waals surface area contributed by atoms with Gasteiger partial charge >= 0.3 is 0 Å². The van der Waals surface area contributed by atoms with Crippen LogP contribution in [0.1, 0.15) is 0 Å². The Morgan fingerprint density at radius 3 is 2.64 bits per heavy atom. The summed E-state index contributed by atoms with van der Waals surface area (Å²) in [5.41, 5.74) is 2.12. The van der Waals surface area contributed by atoms with Crippen LogP contribution in [0, 0.1) is 0 Å². The number of thiophene rings is 2. The molecule has 0 saturated heterocycles. The van der Waals surface area contributed by atoms with Crippen LogP contribution in [0.25, 0.3) is 37.9 Å². The van der Waals surface area contributed by atoms with Gasteiger partial charge in [-0.3, -0.25) is 8.78 Å². The summed E-state index contributed by atoms with van der Waals surface area (Å²) in [5, 5.41) is 13.4. The first-order valence-electron chi connectivity index (χ1n) is 8.35. The second-order valence-corrected chi connectivity index (χ2v) is 9.06. The lowest BCUT2D eigenvalue weighted by Crippen LogP contribution is -2.06. The van der Waals surface area contributed by atoms with Crippen molar-refractivity contribution in [3.63, 3.8) is 0 Å². The van der Waals surface area contributed by atoms with Crippen LogP contribution >= 0.6 is 22.7 Å². The minimum atomic E-state index is -1.30. The summed E-state index contributed by atoms with van der Waals surface area (Å²) in [4.78, 5) is 11.5. The van der Waals surface area contributed by atoms with Gasteiger partial charge in [-0.05, 0) is 17.0 Å². The van der Waals surface area contributed by atoms with E-state index >= 15 is 0 Å². The van der Waals surface area contributed by atoms with Crippen molar-refractivity contribution in [1.29, 1.82) is 0 Å². The molecule has 0 aliphatic carbocycles. The van der Waals surface area contributed by atoms with Crippen LogP contribution in [0.5, 0.6) is 0 Å². The smallest absolute Gasteiger partial charge is 0.226 e. The fourth-order valence-electron chi connectivity index (χ4n) is 3.01. The van der Waals surface area contributed by atoms with Gasteiger partial charge in [-0.25, -0.2) is 9.97 Å². The topological polar surface area (TPSA) is 73.6 Å². The monoisotopic (exact) mass is 423 g/mol. The summed E-state index contributed by atoms with van der Waals surface area (Å²) in [7, 11) is -1.30. The average Bonchev–Trinajstić information content (AvgIpc) is 3.47. The van der Waals surface area contributed by atoms with Gasteiger partial charge in [0.05, 0.1) is 21.1 Å². The van der Waals surface area contributed by atoms with Crippen LogP contribution in [0.2, 0.25) is 0 Å². The zero-order valence-corrected chi connectivity index (χ0v) is 17.1. The highest BCUT2D eigenvalue weighted by molar-refractivity contribution is 7.84. The maximum atomic E-state index is 12.2. The molecule has 9 heteroatoms. The highest BCUT2D eigenvalue weighted by Gasteiger charge is 2.21. The lowest BCUT2D eigenvalue weighted by Gasteiger charge is -2.09. The fourth-order valence-corrected chi connectivity index (χ4v) is 5.18. The molecule has 0 fully saturated rings. The van der Waals surface area contributed by atoms with Gasteiger partial charge in [0.1, 0.15) is 11.2 Å². The van der Waals surface area contributed by atoms with Gasteiger partial charge in [-0.15, -0.1) is 32.9 Å². The number of fused-ring (bicyclic) bond motifs is 1. The molecule has 5 rings (SSSR count). The molecule has 0 N–H and O–H groups in total. The van der Waals surface area contributed by atoms with E-state index in [0.29, 0.717) is 16.8 Å². The summed E-state index contributed by atoms with van der Waals surface area (Å²) in [6.45, 7) is 0. The highest BCUT2D eigenvalue weighted by atomic mass is 32.2. The lowest BCUT2D eigenvalue weighted by molar-refractivity contribution is 0.675. The third-order valence-electron chi connectivity index (χ3n) is 4.24. The van der Waals surface area contributed by atoms with Gasteiger partial charge in [-0.2, -0.15) is 0 Å². The molecule has 28 heavy (non-hydrogen) atoms. The number of rotatable bonds is 4. The van der Waals surface area contributed by atoms with Crippen LogP contribution in [0.3, 0.4) is 0 Å². The first-order chi connectivity index (χ1) is 13.7. The van der Waals surface area contributed by atoms with E-state index in [1.807, 2.05) is 35.7 Å². The SMILES string of the molecule is CS(=O)c1nncn1-c1nc(-c2cccs2)nc2scc(-c3ccccc3)c12. The molecule has 4 heterocycles. The highest BCUT2D eigenvalue weighted by Crippen LogP contribution is 2.38. The van der Waals surface area contributed by atoms with Crippen molar-refractivity contribution in [2.45, 2.75) is 5.16 Å². The van der Waals surface area contributed by atoms with Crippen molar-refractivity contribution in [2.75, 3.05) is 6.26 Å². The summed E-state index contributed by atoms with van der Waals surface area (Å²) in [5.74, 6) is 1.28. The Morgan fingerprint density at radius 1 is 1.04 bits per heavy atom. The summed E-state index contributed by atoms with van der Waals surface area (Å²) in [6.07, 6.45) is 3.15. The van der Waals surface area contributed by atoms with Gasteiger partial charge < -0.3 is 0 Å².